The second-order valence-electron chi connectivity index (χ2n) is 6.69. The minimum absolute atomic E-state index is 0.0182. The van der Waals surface area contributed by atoms with Gasteiger partial charge in [0, 0.05) is 18.4 Å². The van der Waals surface area contributed by atoms with Gasteiger partial charge in [0.1, 0.15) is 6.04 Å². The van der Waals surface area contributed by atoms with Gasteiger partial charge in [0.05, 0.1) is 15.5 Å². The Hall–Kier alpha value is -2.07. The first-order chi connectivity index (χ1) is 12.6. The number of para-hydroxylation sites is 1. The topological polar surface area (TPSA) is 110 Å². The molecule has 27 heavy (non-hydrogen) atoms. The molecule has 2 aliphatic rings. The van der Waals surface area contributed by atoms with E-state index in [2.05, 4.69) is 5.32 Å². The molecular weight excluding hydrogens is 392 g/mol. The minimum Gasteiger partial charge on any atom is -0.454 e. The smallest absolute Gasteiger partial charge is 0.330 e. The average Bonchev–Trinajstić information content (AvgIpc) is 3.08. The van der Waals surface area contributed by atoms with Gasteiger partial charge in [-0.05, 0) is 25.5 Å². The Balaban J connectivity index is 1.61. The summed E-state index contributed by atoms with van der Waals surface area (Å²) in [6.07, 6.45) is 2.12. The van der Waals surface area contributed by atoms with Crippen molar-refractivity contribution in [1.29, 1.82) is 0 Å². The lowest BCUT2D eigenvalue weighted by atomic mass is 10.2. The summed E-state index contributed by atoms with van der Waals surface area (Å²) in [6, 6.07) is 5.27. The van der Waals surface area contributed by atoms with E-state index in [0.717, 1.165) is 6.26 Å². The van der Waals surface area contributed by atoms with Gasteiger partial charge in [-0.2, -0.15) is 0 Å². The number of amides is 2. The SMILES string of the molecule is C[C@]12CCC(=O)N1[C@H](C(=O)OCC(=O)Nc1ccccc1S(C)(=O)=O)CS2. The quantitative estimate of drug-likeness (QED) is 0.719. The van der Waals surface area contributed by atoms with Crippen LogP contribution in [0.3, 0.4) is 0 Å². The maximum absolute atomic E-state index is 12.4. The number of hydrogen-bond acceptors (Lipinski definition) is 7. The molecule has 2 amide bonds. The number of carbonyl (C=O) groups is 3. The lowest BCUT2D eigenvalue weighted by Gasteiger charge is -2.29. The Morgan fingerprint density at radius 3 is 2.78 bits per heavy atom. The summed E-state index contributed by atoms with van der Waals surface area (Å²) in [5.74, 6) is -0.941. The molecule has 0 bridgehead atoms. The van der Waals surface area contributed by atoms with E-state index in [1.807, 2.05) is 6.92 Å². The molecule has 0 saturated carbocycles. The van der Waals surface area contributed by atoms with Crippen LogP contribution in [-0.4, -0.2) is 60.6 Å². The molecule has 10 heteroatoms. The number of carbonyl (C=O) groups excluding carboxylic acids is 3. The van der Waals surface area contributed by atoms with E-state index < -0.39 is 39.2 Å². The lowest BCUT2D eigenvalue weighted by molar-refractivity contribution is -0.155. The molecule has 2 saturated heterocycles. The summed E-state index contributed by atoms with van der Waals surface area (Å²) in [5.41, 5.74) is 0.125. The number of thioether (sulfide) groups is 1. The number of rotatable bonds is 5. The summed E-state index contributed by atoms with van der Waals surface area (Å²) in [5, 5.41) is 2.44. The zero-order chi connectivity index (χ0) is 19.8. The van der Waals surface area contributed by atoms with Gasteiger partial charge in [-0.25, -0.2) is 13.2 Å². The first-order valence-electron chi connectivity index (χ1n) is 8.33. The van der Waals surface area contributed by atoms with E-state index in [4.69, 9.17) is 4.74 Å². The standard InChI is InChI=1S/C17H20N2O6S2/c1-17-8-7-15(21)19(17)12(10-26-17)16(22)25-9-14(20)18-11-5-3-4-6-13(11)27(2,23)24/h3-6,12H,7-10H2,1-2H3,(H,18,20)/t12-,17-/m0/s1. The molecule has 0 aromatic heterocycles. The van der Waals surface area contributed by atoms with Gasteiger partial charge in [0.25, 0.3) is 5.91 Å². The van der Waals surface area contributed by atoms with Crippen LogP contribution in [0.2, 0.25) is 0 Å². The number of anilines is 1. The predicted octanol–water partition coefficient (Wildman–Crippen LogP) is 1.03. The Morgan fingerprint density at radius 1 is 1.37 bits per heavy atom. The van der Waals surface area contributed by atoms with Gasteiger partial charge >= 0.3 is 5.97 Å². The van der Waals surface area contributed by atoms with E-state index in [0.29, 0.717) is 18.6 Å². The summed E-state index contributed by atoms with van der Waals surface area (Å²) < 4.78 is 28.6. The molecule has 0 spiro atoms. The number of esters is 1. The largest absolute Gasteiger partial charge is 0.454 e. The van der Waals surface area contributed by atoms with Crippen LogP contribution in [0.1, 0.15) is 19.8 Å². The highest BCUT2D eigenvalue weighted by Crippen LogP contribution is 2.47. The van der Waals surface area contributed by atoms with Crippen molar-refractivity contribution >= 4 is 45.1 Å². The summed E-state index contributed by atoms with van der Waals surface area (Å²) in [6.45, 7) is 1.36. The highest BCUT2D eigenvalue weighted by Gasteiger charge is 2.53. The number of sulfone groups is 1. The van der Waals surface area contributed by atoms with Crippen molar-refractivity contribution in [2.75, 3.05) is 23.9 Å². The van der Waals surface area contributed by atoms with Gasteiger partial charge < -0.3 is 15.0 Å². The van der Waals surface area contributed by atoms with Gasteiger partial charge in [0.2, 0.25) is 5.91 Å². The molecule has 0 aliphatic carbocycles. The van der Waals surface area contributed by atoms with Gasteiger partial charge in [0.15, 0.2) is 16.4 Å². The number of ether oxygens (including phenoxy) is 1. The molecule has 2 aliphatic heterocycles. The molecule has 3 rings (SSSR count). The minimum atomic E-state index is -3.52. The molecule has 0 radical (unpaired) electrons. The van der Waals surface area contributed by atoms with Crippen molar-refractivity contribution < 1.29 is 27.5 Å². The van der Waals surface area contributed by atoms with Crippen LogP contribution >= 0.6 is 11.8 Å². The van der Waals surface area contributed by atoms with Crippen LogP contribution in [-0.2, 0) is 29.0 Å². The molecule has 1 aromatic rings. The first-order valence-corrected chi connectivity index (χ1v) is 11.2. The normalized spacial score (nSPS) is 24.6. The zero-order valence-corrected chi connectivity index (χ0v) is 16.6. The third-order valence-electron chi connectivity index (χ3n) is 4.62. The van der Waals surface area contributed by atoms with E-state index in [1.54, 1.807) is 17.0 Å². The molecule has 2 heterocycles. The second kappa shape index (κ2) is 7.16. The fourth-order valence-electron chi connectivity index (χ4n) is 3.31. The number of hydrogen-bond donors (Lipinski definition) is 1. The number of nitrogens with one attached hydrogen (secondary N) is 1. The Bertz CT molecular complexity index is 900. The van der Waals surface area contributed by atoms with Crippen molar-refractivity contribution in [3.05, 3.63) is 24.3 Å². The van der Waals surface area contributed by atoms with Crippen LogP contribution in [0.25, 0.3) is 0 Å². The molecule has 2 fully saturated rings. The molecule has 1 aromatic carbocycles. The van der Waals surface area contributed by atoms with Gasteiger partial charge in [-0.1, -0.05) is 12.1 Å². The maximum atomic E-state index is 12.4. The third kappa shape index (κ3) is 3.96. The lowest BCUT2D eigenvalue weighted by Crippen LogP contribution is -2.47. The molecule has 1 N–H and O–H groups in total. The maximum Gasteiger partial charge on any atom is 0.330 e. The van der Waals surface area contributed by atoms with Crippen LogP contribution in [0, 0.1) is 0 Å². The Morgan fingerprint density at radius 2 is 2.07 bits per heavy atom. The van der Waals surface area contributed by atoms with E-state index in [9.17, 15) is 22.8 Å². The molecule has 2 atom stereocenters. The third-order valence-corrected chi connectivity index (χ3v) is 7.28. The van der Waals surface area contributed by atoms with Gasteiger partial charge in [-0.15, -0.1) is 11.8 Å². The van der Waals surface area contributed by atoms with Crippen molar-refractivity contribution in [2.24, 2.45) is 0 Å². The fraction of sp³-hybridized carbons (Fsp3) is 0.471. The van der Waals surface area contributed by atoms with E-state index >= 15 is 0 Å². The van der Waals surface area contributed by atoms with Crippen molar-refractivity contribution in [2.45, 2.75) is 35.6 Å². The number of fused-ring (bicyclic) bond motifs is 1. The average molecular weight is 412 g/mol. The Labute approximate surface area is 161 Å². The highest BCUT2D eigenvalue weighted by molar-refractivity contribution is 8.01. The van der Waals surface area contributed by atoms with Crippen LogP contribution in [0.15, 0.2) is 29.2 Å². The Kier molecular flexibility index (Phi) is 5.22. The van der Waals surface area contributed by atoms with Crippen LogP contribution in [0.4, 0.5) is 5.69 Å². The molecular formula is C17H20N2O6S2. The second-order valence-corrected chi connectivity index (χ2v) is 10.2. The fourth-order valence-corrected chi connectivity index (χ4v) is 5.57. The van der Waals surface area contributed by atoms with E-state index in [1.165, 1.54) is 23.9 Å². The molecule has 8 nitrogen and oxygen atoms in total. The van der Waals surface area contributed by atoms with Crippen LogP contribution < -0.4 is 5.32 Å². The summed E-state index contributed by atoms with van der Waals surface area (Å²) >= 11 is 1.53. The van der Waals surface area contributed by atoms with Gasteiger partial charge in [-0.3, -0.25) is 9.59 Å². The molecule has 146 valence electrons. The first kappa shape index (κ1) is 19.7. The van der Waals surface area contributed by atoms with E-state index in [-0.39, 0.29) is 16.5 Å². The van der Waals surface area contributed by atoms with Crippen molar-refractivity contribution in [3.8, 4) is 0 Å². The highest BCUT2D eigenvalue weighted by atomic mass is 32.2. The molecule has 0 unspecified atom stereocenters. The number of benzene rings is 1. The summed E-state index contributed by atoms with van der Waals surface area (Å²) in [7, 11) is -3.52. The number of nitrogens with zero attached hydrogens (tertiary/aromatic N) is 1. The van der Waals surface area contributed by atoms with Crippen LogP contribution in [0.5, 0.6) is 0 Å². The monoisotopic (exact) mass is 412 g/mol. The predicted molar refractivity (Wildman–Crippen MR) is 99.9 cm³/mol. The van der Waals surface area contributed by atoms with Crippen molar-refractivity contribution in [3.63, 3.8) is 0 Å². The summed E-state index contributed by atoms with van der Waals surface area (Å²) in [4.78, 5) is 37.6. The van der Waals surface area contributed by atoms with Crippen molar-refractivity contribution in [1.82, 2.24) is 4.90 Å². The zero-order valence-electron chi connectivity index (χ0n) is 14.9.